The minimum absolute atomic E-state index is 0.0655. The molecule has 3 aliphatic heterocycles. The van der Waals surface area contributed by atoms with E-state index in [1.807, 2.05) is 23.1 Å². The average molecular weight is 467 g/mol. The Morgan fingerprint density at radius 3 is 2.62 bits per heavy atom. The van der Waals surface area contributed by atoms with Crippen molar-refractivity contribution < 1.29 is 19.1 Å². The van der Waals surface area contributed by atoms with Gasteiger partial charge in [0.15, 0.2) is 0 Å². The molecule has 0 aromatic heterocycles. The largest absolute Gasteiger partial charge is 0.492 e. The summed E-state index contributed by atoms with van der Waals surface area (Å²) >= 11 is 0. The number of likely N-dealkylation sites (tertiary alicyclic amines) is 1. The lowest BCUT2D eigenvalue weighted by Crippen LogP contribution is -2.50. The van der Waals surface area contributed by atoms with Crippen LogP contribution in [0.1, 0.15) is 62.2 Å². The normalized spacial score (nSPS) is 21.7. The van der Waals surface area contributed by atoms with Gasteiger partial charge in [0.25, 0.3) is 11.8 Å². The van der Waals surface area contributed by atoms with Crippen molar-refractivity contribution in [3.63, 3.8) is 0 Å². The van der Waals surface area contributed by atoms with Crippen molar-refractivity contribution in [3.8, 4) is 5.75 Å². The number of allylic oxidation sites excluding steroid dienone is 1. The first-order chi connectivity index (χ1) is 16.4. The number of amides is 3. The fraction of sp³-hybridized carbons (Fsp3) is 0.538. The number of para-hydroxylation sites is 1. The van der Waals surface area contributed by atoms with Crippen LogP contribution in [0.25, 0.3) is 0 Å². The minimum atomic E-state index is -0.123. The van der Waals surface area contributed by atoms with Gasteiger partial charge >= 0.3 is 0 Å². The van der Waals surface area contributed by atoms with Gasteiger partial charge in [-0.05, 0) is 50.2 Å². The summed E-state index contributed by atoms with van der Waals surface area (Å²) in [6.07, 6.45) is 7.32. The molecule has 0 radical (unpaired) electrons. The van der Waals surface area contributed by atoms with Gasteiger partial charge in [-0.2, -0.15) is 5.10 Å². The van der Waals surface area contributed by atoms with Gasteiger partial charge < -0.3 is 15.0 Å². The van der Waals surface area contributed by atoms with Crippen molar-refractivity contribution in [2.45, 2.75) is 51.9 Å². The molecule has 1 N–H and O–H groups in total. The molecule has 8 heteroatoms. The first kappa shape index (κ1) is 24.0. The Bertz CT molecular complexity index is 1010. The number of hydrazone groups is 1. The van der Waals surface area contributed by atoms with Crippen LogP contribution >= 0.6 is 0 Å². The lowest BCUT2D eigenvalue weighted by atomic mass is 9.74. The molecule has 0 unspecified atom stereocenters. The van der Waals surface area contributed by atoms with Crippen molar-refractivity contribution in [2.24, 2.45) is 10.5 Å². The molecule has 3 aliphatic rings. The molecule has 0 atom stereocenters. The molecule has 34 heavy (non-hydrogen) atoms. The van der Waals surface area contributed by atoms with Crippen molar-refractivity contribution in [3.05, 3.63) is 41.5 Å². The second-order valence-corrected chi connectivity index (χ2v) is 9.62. The summed E-state index contributed by atoms with van der Waals surface area (Å²) in [6, 6.07) is 7.37. The Labute approximate surface area is 201 Å². The highest BCUT2D eigenvalue weighted by atomic mass is 16.5. The molecule has 1 fully saturated rings. The lowest BCUT2D eigenvalue weighted by molar-refractivity contribution is -0.131. The van der Waals surface area contributed by atoms with Crippen LogP contribution < -0.4 is 10.1 Å². The molecule has 182 valence electrons. The molecule has 1 spiro atoms. The number of piperidine rings is 1. The number of nitrogens with zero attached hydrogens (tertiary/aromatic N) is 3. The summed E-state index contributed by atoms with van der Waals surface area (Å²) in [5.41, 5.74) is 2.22. The first-order valence-electron chi connectivity index (χ1n) is 12.2. The molecule has 4 rings (SSSR count). The SMILES string of the molecule is CC1=CCCC2(CCN(C(=O)C3=NN(C)C(=O)CC3)CC2)CNC(=O)c2ccccc2OCC1. The topological polar surface area (TPSA) is 91.3 Å². The summed E-state index contributed by atoms with van der Waals surface area (Å²) in [5.74, 6) is 0.342. The fourth-order valence-electron chi connectivity index (χ4n) is 4.90. The molecule has 0 saturated carbocycles. The van der Waals surface area contributed by atoms with E-state index in [1.54, 1.807) is 13.1 Å². The number of fused-ring (bicyclic) bond motifs is 1. The number of hydrogen-bond donors (Lipinski definition) is 1. The van der Waals surface area contributed by atoms with E-state index in [1.165, 1.54) is 10.6 Å². The van der Waals surface area contributed by atoms with Crippen LogP contribution in [0.5, 0.6) is 5.75 Å². The molecule has 0 bridgehead atoms. The maximum absolute atomic E-state index is 13.0. The highest BCUT2D eigenvalue weighted by molar-refractivity contribution is 6.39. The maximum Gasteiger partial charge on any atom is 0.270 e. The second-order valence-electron chi connectivity index (χ2n) is 9.62. The zero-order valence-corrected chi connectivity index (χ0v) is 20.1. The van der Waals surface area contributed by atoms with Gasteiger partial charge in [0.2, 0.25) is 5.91 Å². The summed E-state index contributed by atoms with van der Waals surface area (Å²) in [7, 11) is 1.59. The number of nitrogens with one attached hydrogen (secondary N) is 1. The van der Waals surface area contributed by atoms with E-state index in [9.17, 15) is 14.4 Å². The van der Waals surface area contributed by atoms with Gasteiger partial charge in [0.1, 0.15) is 11.5 Å². The third-order valence-corrected chi connectivity index (χ3v) is 7.24. The third-order valence-electron chi connectivity index (χ3n) is 7.24. The molecule has 1 aromatic rings. The zero-order valence-electron chi connectivity index (χ0n) is 20.1. The van der Waals surface area contributed by atoms with Crippen molar-refractivity contribution in [1.82, 2.24) is 15.2 Å². The van der Waals surface area contributed by atoms with Crippen LogP contribution in [0.3, 0.4) is 0 Å². The van der Waals surface area contributed by atoms with Gasteiger partial charge in [-0.25, -0.2) is 5.01 Å². The van der Waals surface area contributed by atoms with Gasteiger partial charge in [-0.15, -0.1) is 0 Å². The standard InChI is InChI=1S/C26H34N4O4/c1-19-6-5-12-26(18-27-24(32)20-7-3-4-8-22(20)34-17-11-19)13-15-30(16-14-26)25(33)21-9-10-23(31)29(2)28-21/h3-4,6-8H,5,9-18H2,1-2H3,(H,27,32). The Hall–Kier alpha value is -3.16. The molecule has 3 heterocycles. The molecular formula is C26H34N4O4. The van der Waals surface area contributed by atoms with Crippen LogP contribution in [0.2, 0.25) is 0 Å². The van der Waals surface area contributed by atoms with Crippen LogP contribution in [0.15, 0.2) is 41.0 Å². The quantitative estimate of drug-likeness (QED) is 0.644. The smallest absolute Gasteiger partial charge is 0.270 e. The Balaban J connectivity index is 1.47. The molecule has 0 aliphatic carbocycles. The molecule has 1 saturated heterocycles. The van der Waals surface area contributed by atoms with Crippen molar-refractivity contribution in [2.75, 3.05) is 33.3 Å². The number of ether oxygens (including phenoxy) is 1. The Morgan fingerprint density at radius 1 is 1.09 bits per heavy atom. The Kier molecular flexibility index (Phi) is 7.34. The zero-order chi connectivity index (χ0) is 24.1. The van der Waals surface area contributed by atoms with Gasteiger partial charge in [0.05, 0.1) is 12.2 Å². The predicted octanol–water partition coefficient (Wildman–Crippen LogP) is 3.14. The second kappa shape index (κ2) is 10.4. The minimum Gasteiger partial charge on any atom is -0.492 e. The highest BCUT2D eigenvalue weighted by Gasteiger charge is 2.37. The van der Waals surface area contributed by atoms with E-state index in [-0.39, 0.29) is 23.1 Å². The fourth-order valence-corrected chi connectivity index (χ4v) is 4.90. The van der Waals surface area contributed by atoms with E-state index < -0.39 is 0 Å². The summed E-state index contributed by atoms with van der Waals surface area (Å²) in [4.78, 5) is 39.6. The van der Waals surface area contributed by atoms with Crippen LogP contribution in [-0.2, 0) is 9.59 Å². The third kappa shape index (κ3) is 5.48. The highest BCUT2D eigenvalue weighted by Crippen LogP contribution is 2.37. The van der Waals surface area contributed by atoms with E-state index in [2.05, 4.69) is 23.4 Å². The van der Waals surface area contributed by atoms with Crippen LogP contribution in [-0.4, -0.2) is 66.6 Å². The van der Waals surface area contributed by atoms with Crippen molar-refractivity contribution >= 4 is 23.4 Å². The lowest BCUT2D eigenvalue weighted by Gasteiger charge is -2.42. The number of rotatable bonds is 1. The summed E-state index contributed by atoms with van der Waals surface area (Å²) < 4.78 is 5.91. The molecule has 1 aromatic carbocycles. The Morgan fingerprint density at radius 2 is 1.85 bits per heavy atom. The number of benzene rings is 1. The average Bonchev–Trinajstić information content (AvgIpc) is 2.85. The number of carbonyl (C=O) groups excluding carboxylic acids is 3. The molecule has 8 nitrogen and oxygen atoms in total. The van der Waals surface area contributed by atoms with E-state index >= 15 is 0 Å². The van der Waals surface area contributed by atoms with E-state index in [0.717, 1.165) is 32.1 Å². The monoisotopic (exact) mass is 466 g/mol. The number of carbonyl (C=O) groups is 3. The first-order valence-corrected chi connectivity index (χ1v) is 12.2. The molecular weight excluding hydrogens is 432 g/mol. The van der Waals surface area contributed by atoms with Gasteiger partial charge in [-0.1, -0.05) is 23.8 Å². The maximum atomic E-state index is 13.0. The van der Waals surface area contributed by atoms with Crippen LogP contribution in [0.4, 0.5) is 0 Å². The van der Waals surface area contributed by atoms with Gasteiger partial charge in [0, 0.05) is 45.9 Å². The summed E-state index contributed by atoms with van der Waals surface area (Å²) in [6.45, 7) is 4.47. The molecule has 3 amide bonds. The van der Waals surface area contributed by atoms with Crippen molar-refractivity contribution in [1.29, 1.82) is 0 Å². The summed E-state index contributed by atoms with van der Waals surface area (Å²) in [5, 5.41) is 8.62. The van der Waals surface area contributed by atoms with Gasteiger partial charge in [-0.3, -0.25) is 14.4 Å². The number of hydrogen-bond acceptors (Lipinski definition) is 5. The van der Waals surface area contributed by atoms with E-state index in [4.69, 9.17) is 4.74 Å². The van der Waals surface area contributed by atoms with Crippen LogP contribution in [0, 0.1) is 5.41 Å². The predicted molar refractivity (Wildman–Crippen MR) is 130 cm³/mol. The van der Waals surface area contributed by atoms with E-state index in [0.29, 0.717) is 56.1 Å².